The van der Waals surface area contributed by atoms with E-state index in [2.05, 4.69) is 5.32 Å². The first-order valence-electron chi connectivity index (χ1n) is 15.4. The molecule has 4 aromatic carbocycles. The van der Waals surface area contributed by atoms with Crippen LogP contribution in [0.15, 0.2) is 102 Å². The van der Waals surface area contributed by atoms with Gasteiger partial charge in [-0.1, -0.05) is 79.2 Å². The molecule has 0 radical (unpaired) electrons. The van der Waals surface area contributed by atoms with Gasteiger partial charge in [-0.05, 0) is 81.1 Å². The number of halogens is 1. The summed E-state index contributed by atoms with van der Waals surface area (Å²) in [6.07, 6.45) is 0.818. The third-order valence-corrected chi connectivity index (χ3v) is 10.0. The smallest absolute Gasteiger partial charge is 0.264 e. The van der Waals surface area contributed by atoms with E-state index >= 15 is 4.39 Å². The van der Waals surface area contributed by atoms with E-state index < -0.39 is 40.2 Å². The maximum absolute atomic E-state index is 15.1. The number of sulfonamides is 1. The van der Waals surface area contributed by atoms with E-state index in [-0.39, 0.29) is 29.5 Å². The maximum Gasteiger partial charge on any atom is 0.264 e. The van der Waals surface area contributed by atoms with Crippen molar-refractivity contribution in [1.82, 2.24) is 10.2 Å². The highest BCUT2D eigenvalue weighted by atomic mass is 32.2. The number of benzene rings is 4. The summed E-state index contributed by atoms with van der Waals surface area (Å²) in [6, 6.07) is 25.7. The largest absolute Gasteiger partial charge is 0.352 e. The van der Waals surface area contributed by atoms with Gasteiger partial charge in [-0.2, -0.15) is 0 Å². The van der Waals surface area contributed by atoms with Crippen LogP contribution in [-0.4, -0.2) is 43.8 Å². The minimum Gasteiger partial charge on any atom is -0.352 e. The van der Waals surface area contributed by atoms with E-state index in [0.717, 1.165) is 26.6 Å². The molecule has 242 valence electrons. The van der Waals surface area contributed by atoms with E-state index in [4.69, 9.17) is 0 Å². The molecular weight excluding hydrogens is 601 g/mol. The molecule has 7 nitrogen and oxygen atoms in total. The normalized spacial score (nSPS) is 12.7. The Morgan fingerprint density at radius 1 is 0.848 bits per heavy atom. The van der Waals surface area contributed by atoms with Gasteiger partial charge in [0.05, 0.1) is 10.6 Å². The van der Waals surface area contributed by atoms with Crippen molar-refractivity contribution < 1.29 is 22.4 Å². The summed E-state index contributed by atoms with van der Waals surface area (Å²) in [7, 11) is -4.23. The molecule has 0 aliphatic carbocycles. The van der Waals surface area contributed by atoms with Crippen molar-refractivity contribution in [1.29, 1.82) is 0 Å². The summed E-state index contributed by atoms with van der Waals surface area (Å²) >= 11 is 0. The molecule has 4 aromatic rings. The Morgan fingerprint density at radius 2 is 1.50 bits per heavy atom. The van der Waals surface area contributed by atoms with Crippen molar-refractivity contribution in [3.05, 3.63) is 131 Å². The molecule has 9 heteroatoms. The van der Waals surface area contributed by atoms with Gasteiger partial charge < -0.3 is 10.2 Å². The number of rotatable bonds is 13. The molecule has 46 heavy (non-hydrogen) atoms. The Hall–Kier alpha value is -4.50. The average molecular weight is 644 g/mol. The number of carbonyl (C=O) groups excluding carboxylic acids is 2. The maximum atomic E-state index is 15.1. The fraction of sp³-hybridized carbons (Fsp3) is 0.297. The van der Waals surface area contributed by atoms with Gasteiger partial charge in [-0.25, -0.2) is 12.8 Å². The third-order valence-electron chi connectivity index (χ3n) is 8.24. The number of nitrogens with zero attached hydrogens (tertiary/aromatic N) is 2. The van der Waals surface area contributed by atoms with Gasteiger partial charge >= 0.3 is 0 Å². The Morgan fingerprint density at radius 3 is 2.13 bits per heavy atom. The zero-order valence-electron chi connectivity index (χ0n) is 27.0. The molecule has 0 unspecified atom stereocenters. The molecule has 0 spiro atoms. The lowest BCUT2D eigenvalue weighted by molar-refractivity contribution is -0.140. The van der Waals surface area contributed by atoms with E-state index in [1.807, 2.05) is 71.0 Å². The quantitative estimate of drug-likeness (QED) is 0.180. The monoisotopic (exact) mass is 643 g/mol. The Labute approximate surface area is 272 Å². The van der Waals surface area contributed by atoms with Gasteiger partial charge in [0.2, 0.25) is 11.8 Å². The van der Waals surface area contributed by atoms with Crippen molar-refractivity contribution in [2.24, 2.45) is 0 Å². The van der Waals surface area contributed by atoms with E-state index in [9.17, 15) is 18.0 Å². The zero-order valence-corrected chi connectivity index (χ0v) is 27.9. The highest BCUT2D eigenvalue weighted by molar-refractivity contribution is 7.92. The van der Waals surface area contributed by atoms with E-state index in [0.29, 0.717) is 12.1 Å². The lowest BCUT2D eigenvalue weighted by atomic mass is 10.0. The second-order valence-electron chi connectivity index (χ2n) is 11.7. The molecule has 4 rings (SSSR count). The van der Waals surface area contributed by atoms with Crippen LogP contribution in [-0.2, 0) is 32.6 Å². The lowest BCUT2D eigenvalue weighted by Gasteiger charge is -2.34. The molecule has 2 amide bonds. The van der Waals surface area contributed by atoms with Gasteiger partial charge in [0.25, 0.3) is 10.0 Å². The molecule has 0 heterocycles. The van der Waals surface area contributed by atoms with Crippen molar-refractivity contribution >= 4 is 27.5 Å². The number of hydrogen-bond donors (Lipinski definition) is 1. The van der Waals surface area contributed by atoms with Crippen LogP contribution >= 0.6 is 0 Å². The molecule has 0 bridgehead atoms. The van der Waals surface area contributed by atoms with Gasteiger partial charge in [-0.3, -0.25) is 13.9 Å². The highest BCUT2D eigenvalue weighted by Crippen LogP contribution is 2.27. The molecular formula is C37H42FN3O4S. The first-order chi connectivity index (χ1) is 21.9. The summed E-state index contributed by atoms with van der Waals surface area (Å²) in [5, 5.41) is 2.99. The molecule has 1 N–H and O–H groups in total. The van der Waals surface area contributed by atoms with Crippen LogP contribution < -0.4 is 9.62 Å². The molecule has 2 atom stereocenters. The standard InChI is InChI=1S/C37H42FN3O4S/c1-6-29(5)39-37(43)35(23-30-12-8-7-9-13-30)40(24-31-14-10-11-15-34(31)38)36(42)25-41(32-19-18-27(3)28(4)22-32)46(44,45)33-20-16-26(2)17-21-33/h7-22,29,35H,6,23-25H2,1-5H3,(H,39,43)/t29-,35-/m1/s1. The van der Waals surface area contributed by atoms with Crippen molar-refractivity contribution in [3.63, 3.8) is 0 Å². The van der Waals surface area contributed by atoms with Gasteiger partial charge in [-0.15, -0.1) is 0 Å². The SMILES string of the molecule is CC[C@@H](C)NC(=O)[C@@H](Cc1ccccc1)N(Cc1ccccc1F)C(=O)CN(c1ccc(C)c(C)c1)S(=O)(=O)c1ccc(C)cc1. The number of hydrogen-bond acceptors (Lipinski definition) is 4. The Bertz CT molecular complexity index is 1760. The number of nitrogens with one attached hydrogen (secondary N) is 1. The third kappa shape index (κ3) is 8.40. The van der Waals surface area contributed by atoms with Crippen molar-refractivity contribution in [2.75, 3.05) is 10.8 Å². The minimum atomic E-state index is -4.23. The fourth-order valence-corrected chi connectivity index (χ4v) is 6.46. The second-order valence-corrected chi connectivity index (χ2v) is 13.6. The second kappa shape index (κ2) is 15.2. The number of carbonyl (C=O) groups is 2. The molecule has 0 aromatic heterocycles. The van der Waals surface area contributed by atoms with Crippen LogP contribution in [0.4, 0.5) is 10.1 Å². The summed E-state index contributed by atoms with van der Waals surface area (Å²) in [4.78, 5) is 29.8. The van der Waals surface area contributed by atoms with Crippen LogP contribution in [0.1, 0.15) is 48.1 Å². The van der Waals surface area contributed by atoms with Gasteiger partial charge in [0, 0.05) is 24.6 Å². The van der Waals surface area contributed by atoms with Crippen molar-refractivity contribution in [3.8, 4) is 0 Å². The van der Waals surface area contributed by atoms with Crippen LogP contribution in [0.25, 0.3) is 0 Å². The van der Waals surface area contributed by atoms with E-state index in [1.54, 1.807) is 42.5 Å². The zero-order chi connectivity index (χ0) is 33.4. The van der Waals surface area contributed by atoms with Crippen LogP contribution in [0, 0.1) is 26.6 Å². The van der Waals surface area contributed by atoms with Crippen LogP contribution in [0.5, 0.6) is 0 Å². The summed E-state index contributed by atoms with van der Waals surface area (Å²) in [6.45, 7) is 8.63. The average Bonchev–Trinajstić information content (AvgIpc) is 3.04. The van der Waals surface area contributed by atoms with E-state index in [1.165, 1.54) is 23.1 Å². The number of anilines is 1. The first kappa shape index (κ1) is 34.4. The Balaban J connectivity index is 1.83. The summed E-state index contributed by atoms with van der Waals surface area (Å²) < 4.78 is 44.6. The minimum absolute atomic E-state index is 0.0279. The highest BCUT2D eigenvalue weighted by Gasteiger charge is 2.35. The molecule has 0 saturated heterocycles. The predicted octanol–water partition coefficient (Wildman–Crippen LogP) is 6.50. The Kier molecular flexibility index (Phi) is 11.4. The molecule has 0 aliphatic rings. The van der Waals surface area contributed by atoms with Gasteiger partial charge in [0.1, 0.15) is 18.4 Å². The summed E-state index contributed by atoms with van der Waals surface area (Å²) in [5.41, 5.74) is 4.04. The topological polar surface area (TPSA) is 86.8 Å². The first-order valence-corrected chi connectivity index (χ1v) is 16.9. The molecule has 0 fully saturated rings. The summed E-state index contributed by atoms with van der Waals surface area (Å²) in [5.74, 6) is -1.57. The predicted molar refractivity (Wildman–Crippen MR) is 180 cm³/mol. The molecule has 0 saturated carbocycles. The van der Waals surface area contributed by atoms with Crippen molar-refractivity contribution in [2.45, 2.75) is 71.0 Å². The van der Waals surface area contributed by atoms with Crippen LogP contribution in [0.2, 0.25) is 0 Å². The fourth-order valence-electron chi connectivity index (χ4n) is 5.05. The number of aryl methyl sites for hydroxylation is 3. The molecule has 0 aliphatic heterocycles. The van der Waals surface area contributed by atoms with Gasteiger partial charge in [0.15, 0.2) is 0 Å². The van der Waals surface area contributed by atoms with Crippen LogP contribution in [0.3, 0.4) is 0 Å². The lowest BCUT2D eigenvalue weighted by Crippen LogP contribution is -2.54. The number of amides is 2.